The molecule has 3 nitrogen and oxygen atoms in total. The van der Waals surface area contributed by atoms with E-state index in [9.17, 15) is 13.2 Å². The molecule has 0 saturated heterocycles. The molecule has 0 radical (unpaired) electrons. The third-order valence-electron chi connectivity index (χ3n) is 1.73. The van der Waals surface area contributed by atoms with Crippen LogP contribution in [0.25, 0.3) is 0 Å². The Morgan fingerprint density at radius 3 is 2.73 bits per heavy atom. The third-order valence-corrected chi connectivity index (χ3v) is 2.50. The summed E-state index contributed by atoms with van der Waals surface area (Å²) in [6.07, 6.45) is -1.46. The van der Waals surface area contributed by atoms with Crippen molar-refractivity contribution in [3.63, 3.8) is 0 Å². The molecular weight excluding hydrogens is 227 g/mol. The second-order valence-corrected chi connectivity index (χ2v) is 3.83. The number of alkyl halides is 3. The maximum atomic E-state index is 12.2. The zero-order valence-electron chi connectivity index (χ0n) is 7.40. The van der Waals surface area contributed by atoms with Crippen LogP contribution in [0.5, 0.6) is 0 Å². The van der Waals surface area contributed by atoms with Crippen LogP contribution < -0.4 is 0 Å². The van der Waals surface area contributed by atoms with Gasteiger partial charge in [0.15, 0.2) is 5.69 Å². The molecule has 0 amide bonds. The Labute approximate surface area is 87.2 Å². The van der Waals surface area contributed by atoms with E-state index in [1.54, 1.807) is 11.7 Å². The molecule has 0 aliphatic rings. The Balaban J connectivity index is 2.15. The second kappa shape index (κ2) is 3.65. The van der Waals surface area contributed by atoms with Crippen LogP contribution in [0.15, 0.2) is 24.0 Å². The zero-order valence-corrected chi connectivity index (χ0v) is 8.22. The summed E-state index contributed by atoms with van der Waals surface area (Å²) in [6.45, 7) is 0.320. The SMILES string of the molecule is FC(F)(F)c1ccn(Cc2cncs2)n1. The van der Waals surface area contributed by atoms with Crippen molar-refractivity contribution < 1.29 is 13.2 Å². The zero-order chi connectivity index (χ0) is 10.9. The van der Waals surface area contributed by atoms with Gasteiger partial charge in [0, 0.05) is 17.3 Å². The van der Waals surface area contributed by atoms with E-state index in [0.717, 1.165) is 10.9 Å². The normalized spacial score (nSPS) is 11.9. The molecule has 0 unspecified atom stereocenters. The lowest BCUT2D eigenvalue weighted by Gasteiger charge is -2.01. The van der Waals surface area contributed by atoms with Crippen LogP contribution in [0.3, 0.4) is 0 Å². The van der Waals surface area contributed by atoms with Gasteiger partial charge >= 0.3 is 6.18 Å². The highest BCUT2D eigenvalue weighted by molar-refractivity contribution is 7.09. The summed E-state index contributed by atoms with van der Waals surface area (Å²) in [5, 5.41) is 3.43. The van der Waals surface area contributed by atoms with Gasteiger partial charge in [-0.05, 0) is 6.07 Å². The molecule has 0 aliphatic heterocycles. The van der Waals surface area contributed by atoms with Crippen molar-refractivity contribution in [2.45, 2.75) is 12.7 Å². The van der Waals surface area contributed by atoms with Crippen LogP contribution in [0.2, 0.25) is 0 Å². The summed E-state index contributed by atoms with van der Waals surface area (Å²) in [7, 11) is 0. The Morgan fingerprint density at radius 2 is 2.20 bits per heavy atom. The average Bonchev–Trinajstić information content (AvgIpc) is 2.73. The first-order valence-electron chi connectivity index (χ1n) is 4.04. The molecule has 0 spiro atoms. The lowest BCUT2D eigenvalue weighted by atomic mass is 10.4. The smallest absolute Gasteiger partial charge is 0.267 e. The molecule has 0 atom stereocenters. The van der Waals surface area contributed by atoms with Crippen LogP contribution in [0.1, 0.15) is 10.6 Å². The predicted octanol–water partition coefficient (Wildman–Crippen LogP) is 2.41. The van der Waals surface area contributed by atoms with Crippen molar-refractivity contribution in [3.8, 4) is 0 Å². The molecule has 2 aromatic rings. The molecular formula is C8H6F3N3S. The van der Waals surface area contributed by atoms with E-state index in [1.165, 1.54) is 22.2 Å². The first-order valence-corrected chi connectivity index (χ1v) is 4.92. The Bertz CT molecular complexity index is 432. The largest absolute Gasteiger partial charge is 0.435 e. The topological polar surface area (TPSA) is 30.7 Å². The summed E-state index contributed by atoms with van der Waals surface area (Å²) < 4.78 is 37.8. The maximum absolute atomic E-state index is 12.2. The molecule has 0 bridgehead atoms. The molecule has 0 saturated carbocycles. The standard InChI is InChI=1S/C8H6F3N3S/c9-8(10,11)7-1-2-14(13-7)4-6-3-12-5-15-6/h1-3,5H,4H2. The molecule has 0 fully saturated rings. The molecule has 0 aromatic carbocycles. The monoisotopic (exact) mass is 233 g/mol. The van der Waals surface area contributed by atoms with E-state index in [1.807, 2.05) is 0 Å². The fourth-order valence-corrected chi connectivity index (χ4v) is 1.67. The molecule has 15 heavy (non-hydrogen) atoms. The van der Waals surface area contributed by atoms with Crippen LogP contribution in [-0.2, 0) is 12.7 Å². The number of nitrogens with zero attached hydrogens (tertiary/aromatic N) is 3. The molecule has 2 rings (SSSR count). The van der Waals surface area contributed by atoms with Gasteiger partial charge in [-0.25, -0.2) is 0 Å². The van der Waals surface area contributed by atoms with Crippen molar-refractivity contribution in [1.82, 2.24) is 14.8 Å². The number of hydrogen-bond acceptors (Lipinski definition) is 3. The van der Waals surface area contributed by atoms with Gasteiger partial charge in [-0.2, -0.15) is 18.3 Å². The second-order valence-electron chi connectivity index (χ2n) is 2.86. The Morgan fingerprint density at radius 1 is 1.40 bits per heavy atom. The van der Waals surface area contributed by atoms with Crippen LogP contribution in [0.4, 0.5) is 13.2 Å². The summed E-state index contributed by atoms with van der Waals surface area (Å²) >= 11 is 1.38. The van der Waals surface area contributed by atoms with Gasteiger partial charge in [-0.15, -0.1) is 11.3 Å². The van der Waals surface area contributed by atoms with E-state index in [-0.39, 0.29) is 0 Å². The predicted molar refractivity (Wildman–Crippen MR) is 48.4 cm³/mol. The maximum Gasteiger partial charge on any atom is 0.435 e. The van der Waals surface area contributed by atoms with Crippen molar-refractivity contribution in [2.75, 3.05) is 0 Å². The molecule has 2 heterocycles. The first-order chi connectivity index (χ1) is 7.05. The summed E-state index contributed by atoms with van der Waals surface area (Å²) in [6, 6.07) is 0.959. The Hall–Kier alpha value is -1.37. The number of hydrogen-bond donors (Lipinski definition) is 0. The third kappa shape index (κ3) is 2.35. The van der Waals surface area contributed by atoms with Gasteiger partial charge in [0.05, 0.1) is 12.1 Å². The average molecular weight is 233 g/mol. The van der Waals surface area contributed by atoms with Crippen molar-refractivity contribution in [2.24, 2.45) is 0 Å². The highest BCUT2D eigenvalue weighted by atomic mass is 32.1. The molecule has 2 aromatic heterocycles. The summed E-state index contributed by atoms with van der Waals surface area (Å²) in [5.74, 6) is 0. The number of rotatable bonds is 2. The van der Waals surface area contributed by atoms with E-state index < -0.39 is 11.9 Å². The number of thiazole rings is 1. The van der Waals surface area contributed by atoms with Gasteiger partial charge in [0.1, 0.15) is 0 Å². The summed E-state index contributed by atoms with van der Waals surface area (Å²) in [5.41, 5.74) is 0.760. The minimum Gasteiger partial charge on any atom is -0.267 e. The van der Waals surface area contributed by atoms with Gasteiger partial charge < -0.3 is 0 Å². The van der Waals surface area contributed by atoms with E-state index in [0.29, 0.717) is 6.54 Å². The molecule has 7 heteroatoms. The van der Waals surface area contributed by atoms with Crippen molar-refractivity contribution in [3.05, 3.63) is 34.5 Å². The van der Waals surface area contributed by atoms with Gasteiger partial charge in [-0.3, -0.25) is 9.67 Å². The van der Waals surface area contributed by atoms with Gasteiger partial charge in [0.25, 0.3) is 0 Å². The van der Waals surface area contributed by atoms with E-state index in [2.05, 4.69) is 10.1 Å². The van der Waals surface area contributed by atoms with Crippen LogP contribution >= 0.6 is 11.3 Å². The molecule has 0 N–H and O–H groups in total. The quantitative estimate of drug-likeness (QED) is 0.797. The van der Waals surface area contributed by atoms with Crippen LogP contribution in [0, 0.1) is 0 Å². The fourth-order valence-electron chi connectivity index (χ4n) is 1.08. The fraction of sp³-hybridized carbons (Fsp3) is 0.250. The van der Waals surface area contributed by atoms with Gasteiger partial charge in [0.2, 0.25) is 0 Å². The molecule has 0 aliphatic carbocycles. The highest BCUT2D eigenvalue weighted by Gasteiger charge is 2.33. The highest BCUT2D eigenvalue weighted by Crippen LogP contribution is 2.27. The van der Waals surface area contributed by atoms with E-state index in [4.69, 9.17) is 0 Å². The molecule has 80 valence electrons. The van der Waals surface area contributed by atoms with E-state index >= 15 is 0 Å². The first kappa shape index (κ1) is 10.2. The minimum atomic E-state index is -4.38. The van der Waals surface area contributed by atoms with Gasteiger partial charge in [-0.1, -0.05) is 0 Å². The number of halogens is 3. The summed E-state index contributed by atoms with van der Waals surface area (Å²) in [4.78, 5) is 4.70. The lowest BCUT2D eigenvalue weighted by Crippen LogP contribution is -2.08. The minimum absolute atomic E-state index is 0.320. The van der Waals surface area contributed by atoms with Crippen molar-refractivity contribution >= 4 is 11.3 Å². The van der Waals surface area contributed by atoms with Crippen molar-refractivity contribution in [1.29, 1.82) is 0 Å². The number of aromatic nitrogens is 3. The Kier molecular flexibility index (Phi) is 2.47. The van der Waals surface area contributed by atoms with Crippen LogP contribution in [-0.4, -0.2) is 14.8 Å². The lowest BCUT2D eigenvalue weighted by molar-refractivity contribution is -0.141.